The van der Waals surface area contributed by atoms with Crippen molar-refractivity contribution >= 4 is 16.7 Å². The van der Waals surface area contributed by atoms with Gasteiger partial charge in [-0.25, -0.2) is 4.98 Å². The lowest BCUT2D eigenvalue weighted by molar-refractivity contribution is 0.128. The maximum atomic E-state index is 4.60. The zero-order valence-corrected chi connectivity index (χ0v) is 14.5. The molecule has 2 aromatic heterocycles. The summed E-state index contributed by atoms with van der Waals surface area (Å²) >= 11 is 0. The van der Waals surface area contributed by atoms with Crippen LogP contribution in [0, 0.1) is 0 Å². The van der Waals surface area contributed by atoms with Gasteiger partial charge in [-0.15, -0.1) is 0 Å². The van der Waals surface area contributed by atoms with Crippen LogP contribution in [0.4, 0.5) is 5.69 Å². The van der Waals surface area contributed by atoms with Gasteiger partial charge < -0.3 is 4.90 Å². The van der Waals surface area contributed by atoms with E-state index in [0.717, 1.165) is 31.8 Å². The van der Waals surface area contributed by atoms with E-state index < -0.39 is 0 Å². The highest BCUT2D eigenvalue weighted by atomic mass is 15.3. The Morgan fingerprint density at radius 1 is 1.09 bits per heavy atom. The number of anilines is 1. The molecule has 0 radical (unpaired) electrons. The van der Waals surface area contributed by atoms with Crippen LogP contribution in [0.25, 0.3) is 11.0 Å². The van der Waals surface area contributed by atoms with Gasteiger partial charge >= 0.3 is 0 Å². The molecule has 2 fully saturated rings. The Balaban J connectivity index is 1.66. The van der Waals surface area contributed by atoms with Crippen molar-refractivity contribution in [3.8, 4) is 0 Å². The van der Waals surface area contributed by atoms with E-state index in [1.54, 1.807) is 0 Å². The van der Waals surface area contributed by atoms with Crippen molar-refractivity contribution in [3.05, 3.63) is 18.0 Å². The summed E-state index contributed by atoms with van der Waals surface area (Å²) in [5.41, 5.74) is 4.00. The Bertz CT molecular complexity index is 687. The van der Waals surface area contributed by atoms with Crippen molar-refractivity contribution in [2.75, 3.05) is 31.1 Å². The van der Waals surface area contributed by atoms with Crippen LogP contribution >= 0.6 is 0 Å². The van der Waals surface area contributed by atoms with Gasteiger partial charge in [0.1, 0.15) is 0 Å². The SMILES string of the molecule is CC(C)(C)N1CCN(c2c(C3CCC3)cnc3[nH]ncc23)CC1. The molecule has 2 aliphatic rings. The molecule has 0 aromatic carbocycles. The third-order valence-corrected chi connectivity index (χ3v) is 5.57. The minimum Gasteiger partial charge on any atom is -0.368 e. The van der Waals surface area contributed by atoms with Gasteiger partial charge in [-0.1, -0.05) is 6.42 Å². The van der Waals surface area contributed by atoms with Gasteiger partial charge in [-0.05, 0) is 45.1 Å². The van der Waals surface area contributed by atoms with E-state index in [1.807, 2.05) is 6.20 Å². The fraction of sp³-hybridized carbons (Fsp3) is 0.667. The molecule has 1 aliphatic heterocycles. The highest BCUT2D eigenvalue weighted by molar-refractivity contribution is 5.91. The van der Waals surface area contributed by atoms with E-state index in [4.69, 9.17) is 0 Å². The molecule has 0 unspecified atom stereocenters. The van der Waals surface area contributed by atoms with Crippen LogP contribution in [-0.2, 0) is 0 Å². The van der Waals surface area contributed by atoms with E-state index in [9.17, 15) is 0 Å². The number of piperazine rings is 1. The van der Waals surface area contributed by atoms with Crippen LogP contribution in [-0.4, -0.2) is 51.8 Å². The predicted molar refractivity (Wildman–Crippen MR) is 94.0 cm³/mol. The van der Waals surface area contributed by atoms with Gasteiger partial charge in [0.05, 0.1) is 17.3 Å². The largest absolute Gasteiger partial charge is 0.368 e. The van der Waals surface area contributed by atoms with Gasteiger partial charge in [0, 0.05) is 37.9 Å². The highest BCUT2D eigenvalue weighted by Crippen LogP contribution is 2.43. The van der Waals surface area contributed by atoms with Gasteiger partial charge in [-0.2, -0.15) is 5.10 Å². The summed E-state index contributed by atoms with van der Waals surface area (Å²) in [5, 5.41) is 8.46. The number of H-pyrrole nitrogens is 1. The summed E-state index contributed by atoms with van der Waals surface area (Å²) in [7, 11) is 0. The van der Waals surface area contributed by atoms with Gasteiger partial charge in [0.15, 0.2) is 5.65 Å². The van der Waals surface area contributed by atoms with Gasteiger partial charge in [0.25, 0.3) is 0 Å². The summed E-state index contributed by atoms with van der Waals surface area (Å²) in [4.78, 5) is 9.75. The average Bonchev–Trinajstić information content (AvgIpc) is 2.93. The topological polar surface area (TPSA) is 48.0 Å². The monoisotopic (exact) mass is 313 g/mol. The number of aromatic nitrogens is 3. The maximum absolute atomic E-state index is 4.60. The number of aromatic amines is 1. The number of fused-ring (bicyclic) bond motifs is 1. The standard InChI is InChI=1S/C18H27N5/c1-18(2,3)23-9-7-22(8-10-23)16-14(13-5-4-6-13)11-19-17-15(16)12-20-21-17/h11-13H,4-10H2,1-3H3,(H,19,20,21). The minimum absolute atomic E-state index is 0.256. The van der Waals surface area contributed by atoms with Crippen molar-refractivity contribution < 1.29 is 0 Å². The molecule has 0 amide bonds. The first-order valence-corrected chi connectivity index (χ1v) is 8.86. The van der Waals surface area contributed by atoms with E-state index in [2.05, 4.69) is 51.9 Å². The Hall–Kier alpha value is -1.62. The normalized spacial score (nSPS) is 20.9. The van der Waals surface area contributed by atoms with Crippen molar-refractivity contribution in [3.63, 3.8) is 0 Å². The van der Waals surface area contributed by atoms with E-state index in [-0.39, 0.29) is 5.54 Å². The molecule has 0 bridgehead atoms. The number of nitrogens with one attached hydrogen (secondary N) is 1. The lowest BCUT2D eigenvalue weighted by Gasteiger charge is -2.44. The van der Waals surface area contributed by atoms with Gasteiger partial charge in [0.2, 0.25) is 0 Å². The van der Waals surface area contributed by atoms with E-state index >= 15 is 0 Å². The molecule has 2 aromatic rings. The number of pyridine rings is 1. The molecule has 1 saturated heterocycles. The second-order valence-electron chi connectivity index (χ2n) is 7.97. The van der Waals surface area contributed by atoms with Crippen LogP contribution in [0.5, 0.6) is 0 Å². The fourth-order valence-electron chi connectivity index (χ4n) is 3.87. The maximum Gasteiger partial charge on any atom is 0.157 e. The molecule has 23 heavy (non-hydrogen) atoms. The smallest absolute Gasteiger partial charge is 0.157 e. The molecule has 4 rings (SSSR count). The number of hydrogen-bond acceptors (Lipinski definition) is 4. The average molecular weight is 313 g/mol. The molecule has 0 spiro atoms. The van der Waals surface area contributed by atoms with E-state index in [1.165, 1.54) is 35.9 Å². The van der Waals surface area contributed by atoms with Crippen molar-refractivity contribution in [1.82, 2.24) is 20.1 Å². The first kappa shape index (κ1) is 14.9. The van der Waals surface area contributed by atoms with Crippen molar-refractivity contribution in [2.45, 2.75) is 51.5 Å². The molecule has 5 heteroatoms. The third kappa shape index (κ3) is 2.61. The highest BCUT2D eigenvalue weighted by Gasteiger charge is 2.30. The van der Waals surface area contributed by atoms with E-state index in [0.29, 0.717) is 5.92 Å². The van der Waals surface area contributed by atoms with Crippen LogP contribution in [0.1, 0.15) is 51.5 Å². The lowest BCUT2D eigenvalue weighted by Crippen LogP contribution is -2.53. The molecule has 124 valence electrons. The lowest BCUT2D eigenvalue weighted by atomic mass is 9.79. The Morgan fingerprint density at radius 3 is 2.43 bits per heavy atom. The second kappa shape index (κ2) is 5.48. The summed E-state index contributed by atoms with van der Waals surface area (Å²) in [6.07, 6.45) is 8.01. The Kier molecular flexibility index (Phi) is 3.56. The van der Waals surface area contributed by atoms with Gasteiger partial charge in [-0.3, -0.25) is 10.00 Å². The van der Waals surface area contributed by atoms with Crippen molar-refractivity contribution in [2.24, 2.45) is 0 Å². The summed E-state index contributed by atoms with van der Waals surface area (Å²) in [5.74, 6) is 0.692. The summed E-state index contributed by atoms with van der Waals surface area (Å²) in [6.45, 7) is 11.3. The van der Waals surface area contributed by atoms with Crippen LogP contribution in [0.15, 0.2) is 12.4 Å². The minimum atomic E-state index is 0.256. The van der Waals surface area contributed by atoms with Crippen LogP contribution in [0.3, 0.4) is 0 Å². The number of nitrogens with zero attached hydrogens (tertiary/aromatic N) is 4. The number of hydrogen-bond donors (Lipinski definition) is 1. The molecular weight excluding hydrogens is 286 g/mol. The third-order valence-electron chi connectivity index (χ3n) is 5.57. The van der Waals surface area contributed by atoms with Crippen LogP contribution < -0.4 is 4.90 Å². The van der Waals surface area contributed by atoms with Crippen LogP contribution in [0.2, 0.25) is 0 Å². The molecule has 1 aliphatic carbocycles. The molecule has 5 nitrogen and oxygen atoms in total. The molecule has 1 saturated carbocycles. The Labute approximate surface area is 138 Å². The number of rotatable bonds is 2. The first-order valence-electron chi connectivity index (χ1n) is 8.86. The summed E-state index contributed by atoms with van der Waals surface area (Å²) < 4.78 is 0. The summed E-state index contributed by atoms with van der Waals surface area (Å²) in [6, 6.07) is 0. The quantitative estimate of drug-likeness (QED) is 0.925. The van der Waals surface area contributed by atoms with Crippen molar-refractivity contribution in [1.29, 1.82) is 0 Å². The fourth-order valence-corrected chi connectivity index (χ4v) is 3.87. The second-order valence-corrected chi connectivity index (χ2v) is 7.97. The predicted octanol–water partition coefficient (Wildman–Crippen LogP) is 3.15. The molecule has 3 heterocycles. The molecular formula is C18H27N5. The zero-order chi connectivity index (χ0) is 16.0. The first-order chi connectivity index (χ1) is 11.0. The molecule has 1 N–H and O–H groups in total. The Morgan fingerprint density at radius 2 is 1.83 bits per heavy atom. The zero-order valence-electron chi connectivity index (χ0n) is 14.5. The molecule has 0 atom stereocenters.